The van der Waals surface area contributed by atoms with Gasteiger partial charge in [-0.15, -0.1) is 23.1 Å². The van der Waals surface area contributed by atoms with Crippen LogP contribution >= 0.6 is 23.1 Å². The monoisotopic (exact) mass is 725 g/mol. The highest BCUT2D eigenvalue weighted by atomic mass is 32.2. The molecule has 5 aromatic carbocycles. The number of amides is 3. The highest BCUT2D eigenvalue weighted by Crippen LogP contribution is 2.38. The third-order valence-electron chi connectivity index (χ3n) is 7.70. The number of hydrogen-bond donors (Lipinski definition) is 3. The van der Waals surface area contributed by atoms with Crippen molar-refractivity contribution >= 4 is 63.4 Å². The Morgan fingerprint density at radius 2 is 1.46 bits per heavy atom. The zero-order chi connectivity index (χ0) is 36.5. The fourth-order valence-corrected chi connectivity index (χ4v) is 7.09. The summed E-state index contributed by atoms with van der Waals surface area (Å²) in [5, 5.41) is 19.5. The average Bonchev–Trinajstić information content (AvgIpc) is 3.54. The minimum atomic E-state index is -0.653. The summed E-state index contributed by atoms with van der Waals surface area (Å²) in [5.74, 6) is -1.37. The number of anilines is 2. The third kappa shape index (κ3) is 9.04. The summed E-state index contributed by atoms with van der Waals surface area (Å²) < 4.78 is 0. The molecule has 0 fully saturated rings. The number of rotatable bonds is 12. The molecule has 0 saturated carbocycles. The Morgan fingerprint density at radius 1 is 0.808 bits per heavy atom. The van der Waals surface area contributed by atoms with E-state index in [0.717, 1.165) is 21.7 Å². The van der Waals surface area contributed by atoms with Crippen LogP contribution in [0.1, 0.15) is 31.6 Å². The third-order valence-corrected chi connectivity index (χ3v) is 9.84. The second-order valence-corrected chi connectivity index (χ2v) is 13.8. The summed E-state index contributed by atoms with van der Waals surface area (Å²) in [4.78, 5) is 57.6. The van der Waals surface area contributed by atoms with E-state index in [4.69, 9.17) is 4.98 Å². The van der Waals surface area contributed by atoms with E-state index in [1.54, 1.807) is 48.5 Å². The maximum Gasteiger partial charge on any atom is 0.272 e. The molecule has 10 nitrogen and oxygen atoms in total. The van der Waals surface area contributed by atoms with Crippen LogP contribution in [0.25, 0.3) is 17.3 Å². The molecule has 1 atom stereocenters. The molecule has 0 spiro atoms. The Bertz CT molecular complexity index is 2240. The molecule has 1 heterocycles. The summed E-state index contributed by atoms with van der Waals surface area (Å²) in [6, 6.07) is 40.3. The second-order valence-electron chi connectivity index (χ2n) is 11.4. The number of hydrogen-bond acceptors (Lipinski definition) is 8. The van der Waals surface area contributed by atoms with Crippen molar-refractivity contribution in [1.29, 1.82) is 0 Å². The molecule has 258 valence electrons. The lowest BCUT2D eigenvalue weighted by atomic mass is 10.1. The van der Waals surface area contributed by atoms with E-state index in [2.05, 4.69) is 16.0 Å². The van der Waals surface area contributed by atoms with Crippen molar-refractivity contribution in [1.82, 2.24) is 10.3 Å². The van der Waals surface area contributed by atoms with Gasteiger partial charge in [-0.05, 0) is 66.6 Å². The highest BCUT2D eigenvalue weighted by molar-refractivity contribution is 8.00. The number of non-ortho nitro benzene ring substituents is 1. The maximum absolute atomic E-state index is 13.9. The molecule has 1 unspecified atom stereocenters. The quantitative estimate of drug-likeness (QED) is 0.0495. The van der Waals surface area contributed by atoms with Crippen molar-refractivity contribution in [3.63, 3.8) is 0 Å². The van der Waals surface area contributed by atoms with Crippen molar-refractivity contribution in [3.05, 3.63) is 177 Å². The minimum Gasteiger partial charge on any atom is -0.321 e. The Kier molecular flexibility index (Phi) is 11.3. The number of nitro groups is 1. The number of carbonyl (C=O) groups excluding carboxylic acids is 3. The molecule has 3 amide bonds. The summed E-state index contributed by atoms with van der Waals surface area (Å²) in [5.41, 5.74) is 3.63. The number of thioether (sulfide) groups is 1. The fraction of sp³-hybridized carbons (Fsp3) is 0.0500. The van der Waals surface area contributed by atoms with Crippen LogP contribution in [-0.4, -0.2) is 27.6 Å². The SMILES string of the molecule is Cc1sc(NC(=O)C(Sc2cccc(NC(=O)/C(=C\c3ccc([N+](=O)[O-])cc3)NC(=O)c3ccccc3)c2)c2ccccc2)nc1-c1ccccc1. The number of nitrogens with one attached hydrogen (secondary N) is 3. The maximum atomic E-state index is 13.9. The largest absolute Gasteiger partial charge is 0.321 e. The lowest BCUT2D eigenvalue weighted by Gasteiger charge is -2.17. The van der Waals surface area contributed by atoms with Crippen LogP contribution < -0.4 is 16.0 Å². The normalized spacial score (nSPS) is 11.7. The zero-order valence-corrected chi connectivity index (χ0v) is 29.3. The molecular formula is C40H31N5O5S2. The molecule has 0 saturated heterocycles. The first-order valence-corrected chi connectivity index (χ1v) is 17.7. The van der Waals surface area contributed by atoms with Gasteiger partial charge in [-0.2, -0.15) is 0 Å². The van der Waals surface area contributed by atoms with Crippen LogP contribution in [0.2, 0.25) is 0 Å². The minimum absolute atomic E-state index is 0.0732. The van der Waals surface area contributed by atoms with Gasteiger partial charge in [0.2, 0.25) is 5.91 Å². The molecule has 0 aliphatic heterocycles. The van der Waals surface area contributed by atoms with E-state index in [-0.39, 0.29) is 17.3 Å². The van der Waals surface area contributed by atoms with E-state index in [1.165, 1.54) is 53.4 Å². The number of carbonyl (C=O) groups is 3. The van der Waals surface area contributed by atoms with E-state index >= 15 is 0 Å². The predicted octanol–water partition coefficient (Wildman–Crippen LogP) is 8.91. The molecule has 0 aliphatic carbocycles. The van der Waals surface area contributed by atoms with Crippen LogP contribution in [0, 0.1) is 17.0 Å². The number of aryl methyl sites for hydroxylation is 1. The van der Waals surface area contributed by atoms with Gasteiger partial charge in [-0.3, -0.25) is 24.5 Å². The summed E-state index contributed by atoms with van der Waals surface area (Å²) in [6.45, 7) is 1.97. The standard InChI is InChI=1S/C40H31N5O5S2/c1-26-35(28-12-5-2-6-13-28)43-40(51-26)44-39(48)36(29-14-7-3-8-15-29)52-33-19-11-18-31(25-33)41-38(47)34(42-37(46)30-16-9-4-10-17-30)24-27-20-22-32(23-21-27)45(49)50/h2-25,36H,1H3,(H,41,47)(H,42,46)(H,43,44,48)/b34-24+. The van der Waals surface area contributed by atoms with Crippen molar-refractivity contribution in [3.8, 4) is 11.3 Å². The summed E-state index contributed by atoms with van der Waals surface area (Å²) >= 11 is 2.72. The predicted molar refractivity (Wildman–Crippen MR) is 206 cm³/mol. The van der Waals surface area contributed by atoms with Crippen molar-refractivity contribution < 1.29 is 19.3 Å². The lowest BCUT2D eigenvalue weighted by molar-refractivity contribution is -0.384. The molecule has 52 heavy (non-hydrogen) atoms. The molecule has 12 heteroatoms. The number of nitrogens with zero attached hydrogens (tertiary/aromatic N) is 2. The molecular weight excluding hydrogens is 695 g/mol. The van der Waals surface area contributed by atoms with E-state index < -0.39 is 22.0 Å². The van der Waals surface area contributed by atoms with E-state index in [0.29, 0.717) is 26.8 Å². The van der Waals surface area contributed by atoms with Gasteiger partial charge in [0, 0.05) is 38.7 Å². The van der Waals surface area contributed by atoms with Crippen LogP contribution in [0.15, 0.2) is 150 Å². The van der Waals surface area contributed by atoms with Gasteiger partial charge >= 0.3 is 0 Å². The lowest BCUT2D eigenvalue weighted by Crippen LogP contribution is -2.30. The van der Waals surface area contributed by atoms with Gasteiger partial charge in [0.1, 0.15) is 10.9 Å². The van der Waals surface area contributed by atoms with Crippen molar-refractivity contribution in [2.24, 2.45) is 0 Å². The first-order valence-electron chi connectivity index (χ1n) is 16.0. The summed E-state index contributed by atoms with van der Waals surface area (Å²) in [7, 11) is 0. The van der Waals surface area contributed by atoms with Gasteiger partial charge in [0.05, 0.1) is 10.6 Å². The van der Waals surface area contributed by atoms with Gasteiger partial charge in [-0.25, -0.2) is 4.98 Å². The van der Waals surface area contributed by atoms with Gasteiger partial charge in [-0.1, -0.05) is 84.9 Å². The van der Waals surface area contributed by atoms with Gasteiger partial charge in [0.15, 0.2) is 5.13 Å². The van der Waals surface area contributed by atoms with Gasteiger partial charge in [0.25, 0.3) is 17.5 Å². The molecule has 0 radical (unpaired) electrons. The topological polar surface area (TPSA) is 143 Å². The molecule has 1 aromatic heterocycles. The number of nitro benzene ring substituents is 1. The van der Waals surface area contributed by atoms with Gasteiger partial charge < -0.3 is 16.0 Å². The molecule has 3 N–H and O–H groups in total. The Morgan fingerprint density at radius 3 is 2.13 bits per heavy atom. The molecule has 0 bridgehead atoms. The molecule has 0 aliphatic rings. The number of benzene rings is 5. The second kappa shape index (κ2) is 16.6. The van der Waals surface area contributed by atoms with Crippen molar-refractivity contribution in [2.75, 3.05) is 10.6 Å². The van der Waals surface area contributed by atoms with Crippen LogP contribution in [0.5, 0.6) is 0 Å². The number of thiazole rings is 1. The highest BCUT2D eigenvalue weighted by Gasteiger charge is 2.24. The van der Waals surface area contributed by atoms with Crippen LogP contribution in [-0.2, 0) is 9.59 Å². The Balaban J connectivity index is 1.22. The van der Waals surface area contributed by atoms with Crippen LogP contribution in [0.4, 0.5) is 16.5 Å². The average molecular weight is 726 g/mol. The summed E-state index contributed by atoms with van der Waals surface area (Å²) in [6.07, 6.45) is 1.44. The first kappa shape index (κ1) is 35.5. The fourth-order valence-electron chi connectivity index (χ4n) is 5.17. The number of aromatic nitrogens is 1. The first-order chi connectivity index (χ1) is 25.2. The molecule has 6 aromatic rings. The van der Waals surface area contributed by atoms with E-state index in [1.807, 2.05) is 73.7 Å². The van der Waals surface area contributed by atoms with E-state index in [9.17, 15) is 24.5 Å². The zero-order valence-electron chi connectivity index (χ0n) is 27.7. The van der Waals surface area contributed by atoms with Crippen LogP contribution in [0.3, 0.4) is 0 Å². The van der Waals surface area contributed by atoms with Crippen molar-refractivity contribution in [2.45, 2.75) is 17.1 Å². The molecule has 6 rings (SSSR count). The Labute approximate surface area is 307 Å². The smallest absolute Gasteiger partial charge is 0.272 e. The Hall–Kier alpha value is -6.37.